The normalized spacial score (nSPS) is 44.4. The Morgan fingerprint density at radius 2 is 2.43 bits per heavy atom. The summed E-state index contributed by atoms with van der Waals surface area (Å²) in [6, 6.07) is 0.246. The molecule has 1 aliphatic carbocycles. The summed E-state index contributed by atoms with van der Waals surface area (Å²) in [6.45, 7) is 5.92. The van der Waals surface area contributed by atoms with Gasteiger partial charge in [0.1, 0.15) is 0 Å². The Kier molecular flexibility index (Phi) is 3.17. The van der Waals surface area contributed by atoms with Gasteiger partial charge in [-0.15, -0.1) is 30.6 Å². The number of amidine groups is 1. The summed E-state index contributed by atoms with van der Waals surface area (Å²) in [6.07, 6.45) is 3.61. The SMILES string of the molecule is C=CC[C@@]1(Cl)[C@@H]2[C@@H](C)CC(N)=N[C@@H]21.Cl. The van der Waals surface area contributed by atoms with E-state index in [9.17, 15) is 0 Å². The van der Waals surface area contributed by atoms with Gasteiger partial charge in [-0.2, -0.15) is 0 Å². The third-order valence-electron chi connectivity index (χ3n) is 3.18. The van der Waals surface area contributed by atoms with E-state index in [-0.39, 0.29) is 23.3 Å². The van der Waals surface area contributed by atoms with Gasteiger partial charge in [-0.1, -0.05) is 13.0 Å². The quantitative estimate of drug-likeness (QED) is 0.579. The number of allylic oxidation sites excluding steroid dienone is 1. The molecule has 2 rings (SSSR count). The lowest BCUT2D eigenvalue weighted by atomic mass is 9.97. The maximum atomic E-state index is 6.44. The molecule has 0 unspecified atom stereocenters. The molecule has 0 radical (unpaired) electrons. The van der Waals surface area contributed by atoms with Crippen LogP contribution in [0.5, 0.6) is 0 Å². The third-order valence-corrected chi connectivity index (χ3v) is 3.81. The molecule has 80 valence electrons. The summed E-state index contributed by atoms with van der Waals surface area (Å²) in [5.74, 6) is 1.85. The van der Waals surface area contributed by atoms with Crippen LogP contribution in [0.4, 0.5) is 0 Å². The van der Waals surface area contributed by atoms with E-state index in [1.807, 2.05) is 6.08 Å². The summed E-state index contributed by atoms with van der Waals surface area (Å²) >= 11 is 6.44. The molecular weight excluding hydrogens is 219 g/mol. The Labute approximate surface area is 96.0 Å². The molecular formula is C10H16Cl2N2. The molecule has 0 aromatic carbocycles. The van der Waals surface area contributed by atoms with Crippen molar-refractivity contribution in [3.63, 3.8) is 0 Å². The highest BCUT2D eigenvalue weighted by atomic mass is 35.5. The molecule has 2 N–H and O–H groups in total. The summed E-state index contributed by atoms with van der Waals surface area (Å²) in [4.78, 5) is 4.23. The van der Waals surface area contributed by atoms with E-state index < -0.39 is 0 Å². The fourth-order valence-corrected chi connectivity index (χ4v) is 3.12. The second-order valence-corrected chi connectivity index (χ2v) is 4.90. The van der Waals surface area contributed by atoms with Gasteiger partial charge in [-0.05, 0) is 12.3 Å². The lowest BCUT2D eigenvalue weighted by molar-refractivity contribution is 0.482. The number of halogens is 2. The van der Waals surface area contributed by atoms with Crippen LogP contribution in [0.1, 0.15) is 19.8 Å². The van der Waals surface area contributed by atoms with Crippen LogP contribution in [-0.4, -0.2) is 16.8 Å². The largest absolute Gasteiger partial charge is 0.387 e. The molecule has 1 saturated carbocycles. The van der Waals surface area contributed by atoms with E-state index >= 15 is 0 Å². The molecule has 4 atom stereocenters. The second kappa shape index (κ2) is 3.74. The molecule has 0 saturated heterocycles. The zero-order valence-electron chi connectivity index (χ0n) is 8.24. The van der Waals surface area contributed by atoms with Crippen LogP contribution in [0.15, 0.2) is 17.6 Å². The molecule has 2 nitrogen and oxygen atoms in total. The fourth-order valence-electron chi connectivity index (χ4n) is 2.56. The average molecular weight is 235 g/mol. The van der Waals surface area contributed by atoms with E-state index in [0.717, 1.165) is 18.7 Å². The molecule has 1 heterocycles. The molecule has 0 aromatic heterocycles. The van der Waals surface area contributed by atoms with Crippen molar-refractivity contribution in [2.24, 2.45) is 22.6 Å². The van der Waals surface area contributed by atoms with Gasteiger partial charge < -0.3 is 5.73 Å². The van der Waals surface area contributed by atoms with Crippen LogP contribution < -0.4 is 5.73 Å². The molecule has 1 aliphatic heterocycles. The number of hydrogen-bond acceptors (Lipinski definition) is 2. The average Bonchev–Trinajstić information content (AvgIpc) is 2.56. The summed E-state index contributed by atoms with van der Waals surface area (Å²) in [7, 11) is 0. The highest BCUT2D eigenvalue weighted by Crippen LogP contribution is 2.60. The zero-order valence-corrected chi connectivity index (χ0v) is 9.81. The van der Waals surface area contributed by atoms with Gasteiger partial charge in [0, 0.05) is 12.3 Å². The van der Waals surface area contributed by atoms with Gasteiger partial charge in [0.15, 0.2) is 0 Å². The molecule has 1 fully saturated rings. The number of nitrogens with zero attached hydrogens (tertiary/aromatic N) is 1. The predicted molar refractivity (Wildman–Crippen MR) is 63.3 cm³/mol. The van der Waals surface area contributed by atoms with E-state index in [0.29, 0.717) is 11.8 Å². The van der Waals surface area contributed by atoms with Crippen molar-refractivity contribution < 1.29 is 0 Å². The zero-order chi connectivity index (χ0) is 9.64. The van der Waals surface area contributed by atoms with Gasteiger partial charge in [-0.25, -0.2) is 0 Å². The van der Waals surface area contributed by atoms with Crippen LogP contribution in [0.25, 0.3) is 0 Å². The first-order valence-corrected chi connectivity index (χ1v) is 5.09. The summed E-state index contributed by atoms with van der Waals surface area (Å²) < 4.78 is 0. The molecule has 0 aromatic rings. The number of hydrogen-bond donors (Lipinski definition) is 1. The first-order chi connectivity index (χ1) is 6.09. The first kappa shape index (κ1) is 11.9. The number of aliphatic imine (C=N–C) groups is 1. The van der Waals surface area contributed by atoms with Gasteiger partial charge in [-0.3, -0.25) is 4.99 Å². The minimum atomic E-state index is -0.164. The van der Waals surface area contributed by atoms with E-state index in [2.05, 4.69) is 18.5 Å². The van der Waals surface area contributed by atoms with Gasteiger partial charge >= 0.3 is 0 Å². The molecule has 0 amide bonds. The molecule has 0 bridgehead atoms. The van der Waals surface area contributed by atoms with Crippen LogP contribution >= 0.6 is 24.0 Å². The highest BCUT2D eigenvalue weighted by Gasteiger charge is 2.66. The number of rotatable bonds is 2. The lowest BCUT2D eigenvalue weighted by Gasteiger charge is -2.14. The maximum absolute atomic E-state index is 6.44. The maximum Gasteiger partial charge on any atom is 0.0944 e. The monoisotopic (exact) mass is 234 g/mol. The summed E-state index contributed by atoms with van der Waals surface area (Å²) in [5.41, 5.74) is 5.73. The third kappa shape index (κ3) is 1.55. The molecule has 2 aliphatic rings. The first-order valence-electron chi connectivity index (χ1n) is 4.71. The topological polar surface area (TPSA) is 38.4 Å². The number of fused-ring (bicyclic) bond motifs is 1. The van der Waals surface area contributed by atoms with Crippen LogP contribution in [0, 0.1) is 11.8 Å². The minimum Gasteiger partial charge on any atom is -0.387 e. The molecule has 4 heteroatoms. The Bertz CT molecular complexity index is 277. The number of nitrogens with two attached hydrogens (primary N) is 1. The van der Waals surface area contributed by atoms with Crippen molar-refractivity contribution in [3.8, 4) is 0 Å². The second-order valence-electron chi connectivity index (χ2n) is 4.19. The van der Waals surface area contributed by atoms with Gasteiger partial charge in [0.25, 0.3) is 0 Å². The van der Waals surface area contributed by atoms with Crippen molar-refractivity contribution in [3.05, 3.63) is 12.7 Å². The highest BCUT2D eigenvalue weighted by molar-refractivity contribution is 6.27. The van der Waals surface area contributed by atoms with Crippen molar-refractivity contribution in [1.29, 1.82) is 0 Å². The van der Waals surface area contributed by atoms with Crippen LogP contribution in [-0.2, 0) is 0 Å². The lowest BCUT2D eigenvalue weighted by Crippen LogP contribution is -2.22. The van der Waals surface area contributed by atoms with Gasteiger partial charge in [0.05, 0.1) is 16.8 Å². The van der Waals surface area contributed by atoms with Crippen molar-refractivity contribution in [1.82, 2.24) is 0 Å². The number of alkyl halides is 1. The Morgan fingerprint density at radius 1 is 1.79 bits per heavy atom. The Hall–Kier alpha value is -0.210. The van der Waals surface area contributed by atoms with Gasteiger partial charge in [0.2, 0.25) is 0 Å². The van der Waals surface area contributed by atoms with Crippen molar-refractivity contribution in [2.45, 2.75) is 30.7 Å². The van der Waals surface area contributed by atoms with E-state index in [1.54, 1.807) is 0 Å². The Balaban J connectivity index is 0.000000980. The Morgan fingerprint density at radius 3 is 3.00 bits per heavy atom. The standard InChI is InChI=1S/C10H15ClN2.ClH/c1-3-4-10(11)8-6(2)5-7(12)13-9(8)10;/h3,6,8-9H,1,4-5H2,2H3,(H2,12,13);1H/t6-,8+,9-,10+;/m0./s1. The molecule has 14 heavy (non-hydrogen) atoms. The van der Waals surface area contributed by atoms with Crippen LogP contribution in [0.2, 0.25) is 0 Å². The van der Waals surface area contributed by atoms with Crippen LogP contribution in [0.3, 0.4) is 0 Å². The smallest absolute Gasteiger partial charge is 0.0944 e. The van der Waals surface area contributed by atoms with E-state index in [4.69, 9.17) is 17.3 Å². The summed E-state index contributed by atoms with van der Waals surface area (Å²) in [5, 5.41) is 0. The fraction of sp³-hybridized carbons (Fsp3) is 0.700. The minimum absolute atomic E-state index is 0. The predicted octanol–water partition coefficient (Wildman–Crippen LogP) is 2.36. The van der Waals surface area contributed by atoms with Crippen molar-refractivity contribution >= 4 is 29.8 Å². The van der Waals surface area contributed by atoms with Crippen molar-refractivity contribution in [2.75, 3.05) is 0 Å². The molecule has 0 spiro atoms. The van der Waals surface area contributed by atoms with E-state index in [1.165, 1.54) is 0 Å².